The summed E-state index contributed by atoms with van der Waals surface area (Å²) in [5.41, 5.74) is 1.55. The van der Waals surface area contributed by atoms with Crippen molar-refractivity contribution in [2.24, 2.45) is 0 Å². The van der Waals surface area contributed by atoms with Crippen LogP contribution in [0.15, 0.2) is 16.7 Å². The quantitative estimate of drug-likeness (QED) is 0.765. The van der Waals surface area contributed by atoms with Crippen molar-refractivity contribution in [3.8, 4) is 11.5 Å². The van der Waals surface area contributed by atoms with Crippen LogP contribution in [0.25, 0.3) is 11.0 Å². The Kier molecular flexibility index (Phi) is 2.11. The van der Waals surface area contributed by atoms with Crippen molar-refractivity contribution in [1.29, 1.82) is 0 Å². The van der Waals surface area contributed by atoms with E-state index < -0.39 is 0 Å². The topological polar surface area (TPSA) is 59.7 Å². The molecule has 0 amide bonds. The van der Waals surface area contributed by atoms with Gasteiger partial charge >= 0.3 is 0 Å². The summed E-state index contributed by atoms with van der Waals surface area (Å²) in [6.45, 7) is 1.86. The number of furan rings is 1. The molecule has 2 rings (SSSR count). The van der Waals surface area contributed by atoms with E-state index in [0.29, 0.717) is 11.9 Å². The molecule has 0 radical (unpaired) electrons. The third-order valence-electron chi connectivity index (χ3n) is 2.35. The molecule has 0 aliphatic heterocycles. The van der Waals surface area contributed by atoms with Crippen LogP contribution < -0.4 is 4.74 Å². The van der Waals surface area contributed by atoms with Crippen LogP contribution in [-0.4, -0.2) is 18.5 Å². The van der Waals surface area contributed by atoms with Gasteiger partial charge in [0.2, 0.25) is 5.75 Å². The highest BCUT2D eigenvalue weighted by Crippen LogP contribution is 2.39. The summed E-state index contributed by atoms with van der Waals surface area (Å²) in [5, 5.41) is 10.4. The van der Waals surface area contributed by atoms with Gasteiger partial charge in [-0.15, -0.1) is 0 Å². The lowest BCUT2D eigenvalue weighted by Crippen LogP contribution is -1.89. The van der Waals surface area contributed by atoms with Crippen LogP contribution in [-0.2, 0) is 0 Å². The highest BCUT2D eigenvalue weighted by atomic mass is 16.5. The van der Waals surface area contributed by atoms with Gasteiger partial charge in [0.05, 0.1) is 18.9 Å². The summed E-state index contributed by atoms with van der Waals surface area (Å²) in [6.07, 6.45) is 2.14. The van der Waals surface area contributed by atoms with Crippen LogP contribution in [0.1, 0.15) is 15.9 Å². The Morgan fingerprint density at radius 1 is 1.53 bits per heavy atom. The molecule has 1 N–H and O–H groups in total. The summed E-state index contributed by atoms with van der Waals surface area (Å²) >= 11 is 0. The molecule has 0 spiro atoms. The SMILES string of the molecule is COc1c(O)c(C=O)cc2c(C)coc12. The number of ether oxygens (including phenoxy) is 1. The van der Waals surface area contributed by atoms with Crippen LogP contribution in [0, 0.1) is 6.92 Å². The molecule has 1 heterocycles. The summed E-state index contributed by atoms with van der Waals surface area (Å²) < 4.78 is 10.3. The standard InChI is InChI=1S/C11H10O4/c1-6-5-15-10-8(6)3-7(4-12)9(13)11(10)14-2/h3-5,13H,1-2H3. The molecule has 0 unspecified atom stereocenters. The van der Waals surface area contributed by atoms with Crippen molar-refractivity contribution in [3.63, 3.8) is 0 Å². The zero-order valence-corrected chi connectivity index (χ0v) is 8.40. The van der Waals surface area contributed by atoms with Crippen LogP contribution >= 0.6 is 0 Å². The molecule has 0 aliphatic rings. The molecule has 1 aromatic heterocycles. The maximum Gasteiger partial charge on any atom is 0.205 e. The Hall–Kier alpha value is -1.97. The first-order chi connectivity index (χ1) is 7.19. The van der Waals surface area contributed by atoms with Gasteiger partial charge in [0.1, 0.15) is 0 Å². The first-order valence-corrected chi connectivity index (χ1v) is 4.42. The number of aryl methyl sites for hydroxylation is 1. The molecule has 78 valence electrons. The minimum atomic E-state index is -0.186. The number of phenolic OH excluding ortho intramolecular Hbond substituents is 1. The predicted octanol–water partition coefficient (Wildman–Crippen LogP) is 2.27. The van der Waals surface area contributed by atoms with Gasteiger partial charge in [-0.05, 0) is 18.6 Å². The lowest BCUT2D eigenvalue weighted by molar-refractivity contribution is 0.112. The number of hydrogen-bond acceptors (Lipinski definition) is 4. The number of carbonyl (C=O) groups is 1. The number of aldehydes is 1. The van der Waals surface area contributed by atoms with E-state index >= 15 is 0 Å². The maximum atomic E-state index is 10.7. The smallest absolute Gasteiger partial charge is 0.205 e. The van der Waals surface area contributed by atoms with Crippen molar-refractivity contribution in [1.82, 2.24) is 0 Å². The van der Waals surface area contributed by atoms with Gasteiger partial charge in [0.25, 0.3) is 0 Å². The summed E-state index contributed by atoms with van der Waals surface area (Å²) in [7, 11) is 1.42. The van der Waals surface area contributed by atoms with E-state index in [1.54, 1.807) is 12.3 Å². The second kappa shape index (κ2) is 3.31. The molecule has 15 heavy (non-hydrogen) atoms. The van der Waals surface area contributed by atoms with Crippen molar-refractivity contribution < 1.29 is 19.1 Å². The van der Waals surface area contributed by atoms with Gasteiger partial charge in [0, 0.05) is 5.39 Å². The van der Waals surface area contributed by atoms with Gasteiger partial charge in [-0.3, -0.25) is 4.79 Å². The fourth-order valence-electron chi connectivity index (χ4n) is 1.55. The highest BCUT2D eigenvalue weighted by molar-refractivity contribution is 5.96. The van der Waals surface area contributed by atoms with Crippen LogP contribution in [0.4, 0.5) is 0 Å². The average Bonchev–Trinajstić information content (AvgIpc) is 2.59. The Labute approximate surface area is 86.1 Å². The van der Waals surface area contributed by atoms with E-state index in [1.165, 1.54) is 7.11 Å². The van der Waals surface area contributed by atoms with E-state index in [9.17, 15) is 9.90 Å². The summed E-state index contributed by atoms with van der Waals surface area (Å²) in [5.74, 6) is 0.0112. The number of aromatic hydroxyl groups is 1. The van der Waals surface area contributed by atoms with Gasteiger partial charge < -0.3 is 14.3 Å². The number of benzene rings is 1. The van der Waals surface area contributed by atoms with Crippen molar-refractivity contribution in [3.05, 3.63) is 23.5 Å². The largest absolute Gasteiger partial charge is 0.504 e. The number of methoxy groups -OCH3 is 1. The predicted molar refractivity (Wildman–Crippen MR) is 54.6 cm³/mol. The van der Waals surface area contributed by atoms with Crippen molar-refractivity contribution in [2.75, 3.05) is 7.11 Å². The minimum absolute atomic E-state index is 0.186. The van der Waals surface area contributed by atoms with Crippen LogP contribution in [0.3, 0.4) is 0 Å². The van der Waals surface area contributed by atoms with E-state index in [1.807, 2.05) is 6.92 Å². The fraction of sp³-hybridized carbons (Fsp3) is 0.182. The Morgan fingerprint density at radius 3 is 2.87 bits per heavy atom. The van der Waals surface area contributed by atoms with Gasteiger partial charge in [-0.25, -0.2) is 0 Å². The third kappa shape index (κ3) is 1.26. The Morgan fingerprint density at radius 2 is 2.27 bits per heavy atom. The van der Waals surface area contributed by atoms with Crippen molar-refractivity contribution >= 4 is 17.3 Å². The molecule has 0 saturated carbocycles. The van der Waals surface area contributed by atoms with Gasteiger partial charge in [-0.1, -0.05) is 0 Å². The molecule has 0 fully saturated rings. The van der Waals surface area contributed by atoms with Crippen LogP contribution in [0.2, 0.25) is 0 Å². The zero-order valence-electron chi connectivity index (χ0n) is 8.40. The van der Waals surface area contributed by atoms with E-state index in [2.05, 4.69) is 0 Å². The first-order valence-electron chi connectivity index (χ1n) is 4.42. The summed E-state index contributed by atoms with van der Waals surface area (Å²) in [4.78, 5) is 10.7. The number of phenols is 1. The van der Waals surface area contributed by atoms with E-state index in [-0.39, 0.29) is 17.1 Å². The summed E-state index contributed by atoms with van der Waals surface area (Å²) in [6, 6.07) is 1.58. The molecule has 0 bridgehead atoms. The molecule has 0 saturated heterocycles. The molecule has 4 nitrogen and oxygen atoms in total. The van der Waals surface area contributed by atoms with Crippen LogP contribution in [0.5, 0.6) is 11.5 Å². The fourth-order valence-corrected chi connectivity index (χ4v) is 1.55. The molecular weight excluding hydrogens is 196 g/mol. The first kappa shape index (κ1) is 9.58. The number of hydrogen-bond donors (Lipinski definition) is 1. The van der Waals surface area contributed by atoms with E-state index in [4.69, 9.17) is 9.15 Å². The van der Waals surface area contributed by atoms with Gasteiger partial charge in [-0.2, -0.15) is 0 Å². The number of rotatable bonds is 2. The molecule has 0 atom stereocenters. The Bertz CT molecular complexity index is 525. The van der Waals surface area contributed by atoms with E-state index in [0.717, 1.165) is 10.9 Å². The van der Waals surface area contributed by atoms with Gasteiger partial charge in [0.15, 0.2) is 17.6 Å². The monoisotopic (exact) mass is 206 g/mol. The number of carbonyl (C=O) groups excluding carboxylic acids is 1. The minimum Gasteiger partial charge on any atom is -0.504 e. The highest BCUT2D eigenvalue weighted by Gasteiger charge is 2.16. The second-order valence-corrected chi connectivity index (χ2v) is 3.26. The van der Waals surface area contributed by atoms with Crippen molar-refractivity contribution in [2.45, 2.75) is 6.92 Å². The second-order valence-electron chi connectivity index (χ2n) is 3.26. The normalized spacial score (nSPS) is 10.5. The molecule has 1 aromatic carbocycles. The molecule has 4 heteroatoms. The zero-order chi connectivity index (χ0) is 11.0. The molecular formula is C11H10O4. The lowest BCUT2D eigenvalue weighted by atomic mass is 10.1. The lowest BCUT2D eigenvalue weighted by Gasteiger charge is -2.05. The maximum absolute atomic E-state index is 10.7. The molecule has 2 aromatic rings. The number of fused-ring (bicyclic) bond motifs is 1. The molecule has 0 aliphatic carbocycles. The third-order valence-corrected chi connectivity index (χ3v) is 2.35. The Balaban J connectivity index is 2.91. The average molecular weight is 206 g/mol.